The molecule has 1 aliphatic rings. The van der Waals surface area contributed by atoms with Gasteiger partial charge in [-0.05, 0) is 19.3 Å². The van der Waals surface area contributed by atoms with Crippen molar-refractivity contribution in [1.82, 2.24) is 10.2 Å². The highest BCUT2D eigenvalue weighted by atomic mass is 16.4. The first-order valence-electron chi connectivity index (χ1n) is 5.37. The van der Waals surface area contributed by atoms with E-state index in [-0.39, 0.29) is 12.5 Å². The smallest absolute Gasteiger partial charge is 0.327 e. The van der Waals surface area contributed by atoms with Gasteiger partial charge in [-0.3, -0.25) is 0 Å². The number of carboxylic acids is 1. The van der Waals surface area contributed by atoms with Crippen molar-refractivity contribution < 1.29 is 14.7 Å². The van der Waals surface area contributed by atoms with E-state index < -0.39 is 12.0 Å². The Labute approximate surface area is 94.8 Å². The molecule has 1 atom stereocenters. The summed E-state index contributed by atoms with van der Waals surface area (Å²) in [6.07, 6.45) is 8.12. The lowest BCUT2D eigenvalue weighted by Crippen LogP contribution is -2.49. The second kappa shape index (κ2) is 6.01. The molecule has 0 aromatic carbocycles. The molecular weight excluding hydrogens is 208 g/mol. The Morgan fingerprint density at radius 2 is 2.00 bits per heavy atom. The average Bonchev–Trinajstić information content (AvgIpc) is 2.29. The lowest BCUT2D eigenvalue weighted by atomic mass is 10.1. The van der Waals surface area contributed by atoms with Gasteiger partial charge < -0.3 is 15.3 Å². The van der Waals surface area contributed by atoms with Crippen molar-refractivity contribution in [3.8, 4) is 12.3 Å². The molecule has 2 N–H and O–H groups in total. The second-order valence-corrected chi connectivity index (χ2v) is 3.80. The van der Waals surface area contributed by atoms with Gasteiger partial charge in [0.25, 0.3) is 0 Å². The molecule has 1 saturated heterocycles. The van der Waals surface area contributed by atoms with Gasteiger partial charge in [0.2, 0.25) is 0 Å². The molecule has 1 rings (SSSR count). The van der Waals surface area contributed by atoms with Crippen molar-refractivity contribution in [1.29, 1.82) is 0 Å². The number of piperidine rings is 1. The molecule has 1 aliphatic heterocycles. The lowest BCUT2D eigenvalue weighted by Gasteiger charge is -2.27. The van der Waals surface area contributed by atoms with Crippen LogP contribution in [0.1, 0.15) is 25.7 Å². The molecule has 0 bridgehead atoms. The number of urea groups is 1. The Bertz CT molecular complexity index is 303. The van der Waals surface area contributed by atoms with Crippen LogP contribution in [0.15, 0.2) is 0 Å². The molecule has 1 unspecified atom stereocenters. The molecule has 0 aromatic heterocycles. The van der Waals surface area contributed by atoms with Crippen LogP contribution in [0.2, 0.25) is 0 Å². The highest BCUT2D eigenvalue weighted by molar-refractivity contribution is 5.82. The predicted octanol–water partition coefficient (Wildman–Crippen LogP) is 0.658. The third kappa shape index (κ3) is 3.46. The minimum absolute atomic E-state index is 0.00884. The molecule has 1 fully saturated rings. The number of aliphatic carboxylic acids is 1. The SMILES string of the molecule is C#CCC(NC(=O)N1CCCCC1)C(=O)O. The molecule has 2 amide bonds. The number of amides is 2. The first kappa shape index (κ1) is 12.4. The summed E-state index contributed by atoms with van der Waals surface area (Å²) in [5, 5.41) is 11.3. The number of carbonyl (C=O) groups is 2. The number of rotatable bonds is 3. The Balaban J connectivity index is 2.47. The monoisotopic (exact) mass is 224 g/mol. The van der Waals surface area contributed by atoms with Crippen LogP contribution in [-0.4, -0.2) is 41.1 Å². The summed E-state index contributed by atoms with van der Waals surface area (Å²) in [6, 6.07) is -1.32. The predicted molar refractivity (Wildman–Crippen MR) is 58.8 cm³/mol. The molecule has 5 heteroatoms. The van der Waals surface area contributed by atoms with Gasteiger partial charge >= 0.3 is 12.0 Å². The van der Waals surface area contributed by atoms with Crippen LogP contribution in [0.5, 0.6) is 0 Å². The third-order valence-corrected chi connectivity index (χ3v) is 2.56. The summed E-state index contributed by atoms with van der Waals surface area (Å²) >= 11 is 0. The molecule has 0 spiro atoms. The largest absolute Gasteiger partial charge is 0.480 e. The summed E-state index contributed by atoms with van der Waals surface area (Å²) in [5.74, 6) is 1.15. The zero-order valence-electron chi connectivity index (χ0n) is 9.11. The molecule has 0 radical (unpaired) electrons. The van der Waals surface area contributed by atoms with E-state index in [1.54, 1.807) is 4.90 Å². The molecule has 0 aromatic rings. The van der Waals surface area contributed by atoms with Crippen molar-refractivity contribution in [2.24, 2.45) is 0 Å². The van der Waals surface area contributed by atoms with Crippen molar-refractivity contribution in [2.75, 3.05) is 13.1 Å². The number of carboxylic acid groups (broad SMARTS) is 1. The average molecular weight is 224 g/mol. The maximum atomic E-state index is 11.7. The topological polar surface area (TPSA) is 69.6 Å². The van der Waals surface area contributed by atoms with Gasteiger partial charge in [0, 0.05) is 19.5 Å². The van der Waals surface area contributed by atoms with Crippen molar-refractivity contribution in [3.05, 3.63) is 0 Å². The highest BCUT2D eigenvalue weighted by Crippen LogP contribution is 2.08. The molecule has 0 saturated carbocycles. The van der Waals surface area contributed by atoms with Crippen LogP contribution in [0.25, 0.3) is 0 Å². The highest BCUT2D eigenvalue weighted by Gasteiger charge is 2.23. The van der Waals surface area contributed by atoms with Gasteiger partial charge in [-0.2, -0.15) is 0 Å². The van der Waals surface area contributed by atoms with Crippen LogP contribution in [0.4, 0.5) is 4.79 Å². The Morgan fingerprint density at radius 3 is 2.50 bits per heavy atom. The quantitative estimate of drug-likeness (QED) is 0.692. The van der Waals surface area contributed by atoms with E-state index in [4.69, 9.17) is 11.5 Å². The normalized spacial score (nSPS) is 17.3. The van der Waals surface area contributed by atoms with Crippen molar-refractivity contribution in [2.45, 2.75) is 31.7 Å². The zero-order chi connectivity index (χ0) is 12.0. The molecule has 16 heavy (non-hydrogen) atoms. The number of likely N-dealkylation sites (tertiary alicyclic amines) is 1. The maximum Gasteiger partial charge on any atom is 0.327 e. The number of hydrogen-bond donors (Lipinski definition) is 2. The fourth-order valence-corrected chi connectivity index (χ4v) is 1.66. The maximum absolute atomic E-state index is 11.7. The van der Waals surface area contributed by atoms with Crippen LogP contribution in [0, 0.1) is 12.3 Å². The fourth-order valence-electron chi connectivity index (χ4n) is 1.66. The lowest BCUT2D eigenvalue weighted by molar-refractivity contribution is -0.139. The van der Waals surface area contributed by atoms with Gasteiger partial charge in [-0.1, -0.05) is 0 Å². The fraction of sp³-hybridized carbons (Fsp3) is 0.636. The van der Waals surface area contributed by atoms with Gasteiger partial charge in [0.05, 0.1) is 0 Å². The summed E-state index contributed by atoms with van der Waals surface area (Å²) in [5.41, 5.74) is 0. The number of terminal acetylenes is 1. The summed E-state index contributed by atoms with van der Waals surface area (Å²) in [4.78, 5) is 24.1. The minimum Gasteiger partial charge on any atom is -0.480 e. The van der Waals surface area contributed by atoms with E-state index in [2.05, 4.69) is 11.2 Å². The molecular formula is C11H16N2O3. The number of hydrogen-bond acceptors (Lipinski definition) is 2. The van der Waals surface area contributed by atoms with Crippen molar-refractivity contribution >= 4 is 12.0 Å². The molecule has 0 aliphatic carbocycles. The molecule has 88 valence electrons. The molecule has 1 heterocycles. The van der Waals surface area contributed by atoms with Crippen LogP contribution in [0.3, 0.4) is 0 Å². The van der Waals surface area contributed by atoms with Crippen LogP contribution in [-0.2, 0) is 4.79 Å². The molecule has 5 nitrogen and oxygen atoms in total. The third-order valence-electron chi connectivity index (χ3n) is 2.56. The van der Waals surface area contributed by atoms with E-state index in [9.17, 15) is 9.59 Å². The van der Waals surface area contributed by atoms with E-state index in [0.29, 0.717) is 13.1 Å². The number of carbonyl (C=O) groups excluding carboxylic acids is 1. The van der Waals surface area contributed by atoms with Crippen molar-refractivity contribution in [3.63, 3.8) is 0 Å². The summed E-state index contributed by atoms with van der Waals surface area (Å²) in [7, 11) is 0. The zero-order valence-corrected chi connectivity index (χ0v) is 9.11. The van der Waals surface area contributed by atoms with E-state index in [1.807, 2.05) is 0 Å². The van der Waals surface area contributed by atoms with Gasteiger partial charge in [-0.25, -0.2) is 9.59 Å². The number of nitrogens with one attached hydrogen (secondary N) is 1. The van der Waals surface area contributed by atoms with Gasteiger partial charge in [0.15, 0.2) is 0 Å². The van der Waals surface area contributed by atoms with E-state index in [1.165, 1.54) is 0 Å². The number of nitrogens with zero attached hydrogens (tertiary/aromatic N) is 1. The second-order valence-electron chi connectivity index (χ2n) is 3.80. The minimum atomic E-state index is -1.09. The Morgan fingerprint density at radius 1 is 1.38 bits per heavy atom. The van der Waals surface area contributed by atoms with Crippen LogP contribution < -0.4 is 5.32 Å². The standard InChI is InChI=1S/C11H16N2O3/c1-2-6-9(10(14)15)12-11(16)13-7-4-3-5-8-13/h1,9H,3-8H2,(H,12,16)(H,14,15). The van der Waals surface area contributed by atoms with E-state index >= 15 is 0 Å². The summed E-state index contributed by atoms with van der Waals surface area (Å²) < 4.78 is 0. The Kier molecular flexibility index (Phi) is 4.65. The van der Waals surface area contributed by atoms with Gasteiger partial charge in [-0.15, -0.1) is 12.3 Å². The summed E-state index contributed by atoms with van der Waals surface area (Å²) in [6.45, 7) is 1.38. The Hall–Kier alpha value is -1.70. The van der Waals surface area contributed by atoms with Crippen LogP contribution >= 0.6 is 0 Å². The first-order chi connectivity index (χ1) is 7.65. The first-order valence-corrected chi connectivity index (χ1v) is 5.37. The van der Waals surface area contributed by atoms with E-state index in [0.717, 1.165) is 19.3 Å². The van der Waals surface area contributed by atoms with Gasteiger partial charge in [0.1, 0.15) is 6.04 Å².